The maximum absolute atomic E-state index is 13.0. The number of hydrogen-bond donors (Lipinski definition) is 3. The Kier molecular flexibility index (Phi) is 6.42. The molecule has 7 nitrogen and oxygen atoms in total. The predicted molar refractivity (Wildman–Crippen MR) is 117 cm³/mol. The summed E-state index contributed by atoms with van der Waals surface area (Å²) >= 11 is 0. The summed E-state index contributed by atoms with van der Waals surface area (Å²) in [7, 11) is 0. The Morgan fingerprint density at radius 3 is 2.58 bits per heavy atom. The first-order valence-electron chi connectivity index (χ1n) is 10.9. The Labute approximate surface area is 182 Å². The van der Waals surface area contributed by atoms with E-state index in [0.29, 0.717) is 43.2 Å². The van der Waals surface area contributed by atoms with Crippen molar-refractivity contribution in [1.82, 2.24) is 5.32 Å². The standard InChI is InChI=1S/C24H29N3O4/c1-15(2)11-20(24(29)26-18-7-8-21-22(13-18)31-10-9-30-21)27-23(28)19-12-16-5-3-4-6-17(16)14-25-19/h3-8,13,15,19-20,25H,9-12,14H2,1-2H3,(H,26,29)(H,27,28)/p+1/t19-,20+/m0/s1. The molecular weight excluding hydrogens is 394 g/mol. The molecule has 4 N–H and O–H groups in total. The zero-order valence-corrected chi connectivity index (χ0v) is 18.0. The third-order valence-corrected chi connectivity index (χ3v) is 5.67. The fraction of sp³-hybridized carbons (Fsp3) is 0.417. The van der Waals surface area contributed by atoms with E-state index in [0.717, 1.165) is 6.54 Å². The third kappa shape index (κ3) is 5.17. The van der Waals surface area contributed by atoms with Gasteiger partial charge in [0.1, 0.15) is 25.8 Å². The molecule has 0 saturated heterocycles. The zero-order valence-electron chi connectivity index (χ0n) is 18.0. The summed E-state index contributed by atoms with van der Waals surface area (Å²) in [6.45, 7) is 5.85. The zero-order chi connectivity index (χ0) is 21.8. The molecule has 31 heavy (non-hydrogen) atoms. The van der Waals surface area contributed by atoms with Gasteiger partial charge in [0.2, 0.25) is 5.91 Å². The van der Waals surface area contributed by atoms with E-state index in [1.165, 1.54) is 11.1 Å². The normalized spacial score (nSPS) is 18.1. The quantitative estimate of drug-likeness (QED) is 0.657. The fourth-order valence-electron chi connectivity index (χ4n) is 4.08. The van der Waals surface area contributed by atoms with Crippen LogP contribution in [0.1, 0.15) is 31.4 Å². The topological polar surface area (TPSA) is 93.3 Å². The Balaban J connectivity index is 1.42. The van der Waals surface area contributed by atoms with Crippen molar-refractivity contribution >= 4 is 17.5 Å². The van der Waals surface area contributed by atoms with Crippen molar-refractivity contribution in [2.75, 3.05) is 18.5 Å². The lowest BCUT2D eigenvalue weighted by molar-refractivity contribution is -0.695. The number of nitrogens with one attached hydrogen (secondary N) is 2. The highest BCUT2D eigenvalue weighted by atomic mass is 16.6. The molecule has 2 aliphatic heterocycles. The van der Waals surface area contributed by atoms with Gasteiger partial charge in [-0.2, -0.15) is 0 Å². The summed E-state index contributed by atoms with van der Waals surface area (Å²) in [5.74, 6) is 1.22. The van der Waals surface area contributed by atoms with Gasteiger partial charge in [0.25, 0.3) is 5.91 Å². The maximum Gasteiger partial charge on any atom is 0.279 e. The average molecular weight is 425 g/mol. The monoisotopic (exact) mass is 424 g/mol. The molecule has 0 spiro atoms. The largest absolute Gasteiger partial charge is 0.486 e. The number of benzene rings is 2. The van der Waals surface area contributed by atoms with Crippen LogP contribution in [0.3, 0.4) is 0 Å². The van der Waals surface area contributed by atoms with Crippen molar-refractivity contribution in [3.8, 4) is 11.5 Å². The van der Waals surface area contributed by atoms with E-state index in [9.17, 15) is 9.59 Å². The van der Waals surface area contributed by atoms with E-state index in [2.05, 4.69) is 22.8 Å². The van der Waals surface area contributed by atoms with E-state index in [-0.39, 0.29) is 23.8 Å². The van der Waals surface area contributed by atoms with Crippen LogP contribution in [0.25, 0.3) is 0 Å². The number of quaternary nitrogens is 1. The van der Waals surface area contributed by atoms with Crippen LogP contribution in [0.2, 0.25) is 0 Å². The summed E-state index contributed by atoms with van der Waals surface area (Å²) in [4.78, 5) is 26.0. The lowest BCUT2D eigenvalue weighted by Gasteiger charge is -2.26. The molecule has 2 aliphatic rings. The maximum atomic E-state index is 13.0. The molecule has 0 radical (unpaired) electrons. The minimum absolute atomic E-state index is 0.0996. The van der Waals surface area contributed by atoms with Gasteiger partial charge in [-0.3, -0.25) is 9.59 Å². The summed E-state index contributed by atoms with van der Waals surface area (Å²) in [5.41, 5.74) is 3.09. The van der Waals surface area contributed by atoms with E-state index in [4.69, 9.17) is 9.47 Å². The first-order valence-corrected chi connectivity index (χ1v) is 10.9. The smallest absolute Gasteiger partial charge is 0.279 e. The minimum atomic E-state index is -0.605. The Morgan fingerprint density at radius 1 is 1.06 bits per heavy atom. The van der Waals surface area contributed by atoms with E-state index >= 15 is 0 Å². The van der Waals surface area contributed by atoms with Gasteiger partial charge in [0.15, 0.2) is 17.5 Å². The molecule has 164 valence electrons. The molecule has 2 atom stereocenters. The van der Waals surface area contributed by atoms with Crippen LogP contribution in [-0.2, 0) is 22.6 Å². The number of carbonyl (C=O) groups excluding carboxylic acids is 2. The number of amides is 2. The molecular formula is C24H30N3O4+. The number of ether oxygens (including phenoxy) is 2. The van der Waals surface area contributed by atoms with Crippen LogP contribution in [-0.4, -0.2) is 37.1 Å². The highest BCUT2D eigenvalue weighted by Crippen LogP contribution is 2.32. The SMILES string of the molecule is CC(C)C[C@@H](NC(=O)[C@@H]1Cc2ccccc2C[NH2+]1)C(=O)Nc1ccc2c(c1)OCCO2. The first-order chi connectivity index (χ1) is 15.0. The summed E-state index contributed by atoms with van der Waals surface area (Å²) in [5, 5.41) is 7.96. The molecule has 7 heteroatoms. The van der Waals surface area contributed by atoms with E-state index in [1.807, 2.05) is 31.3 Å². The molecule has 0 saturated carbocycles. The fourth-order valence-corrected chi connectivity index (χ4v) is 4.08. The van der Waals surface area contributed by atoms with Gasteiger partial charge >= 0.3 is 0 Å². The Morgan fingerprint density at radius 2 is 1.81 bits per heavy atom. The number of hydrogen-bond acceptors (Lipinski definition) is 4. The van der Waals surface area contributed by atoms with E-state index < -0.39 is 6.04 Å². The van der Waals surface area contributed by atoms with Gasteiger partial charge in [0, 0.05) is 23.7 Å². The molecule has 0 aromatic heterocycles. The van der Waals surface area contributed by atoms with Crippen molar-refractivity contribution in [3.05, 3.63) is 53.6 Å². The van der Waals surface area contributed by atoms with Crippen molar-refractivity contribution in [2.24, 2.45) is 5.92 Å². The second kappa shape index (κ2) is 9.39. The third-order valence-electron chi connectivity index (χ3n) is 5.67. The van der Waals surface area contributed by atoms with Crippen LogP contribution in [0.4, 0.5) is 5.69 Å². The highest BCUT2D eigenvalue weighted by Gasteiger charge is 2.31. The molecule has 2 amide bonds. The number of nitrogens with two attached hydrogens (primary N) is 1. The van der Waals surface area contributed by atoms with Crippen molar-refractivity contribution < 1.29 is 24.4 Å². The van der Waals surface area contributed by atoms with Crippen LogP contribution >= 0.6 is 0 Å². The molecule has 0 unspecified atom stereocenters. The van der Waals surface area contributed by atoms with Crippen molar-refractivity contribution in [3.63, 3.8) is 0 Å². The molecule has 2 aromatic carbocycles. The highest BCUT2D eigenvalue weighted by molar-refractivity contribution is 5.98. The molecule has 4 rings (SSSR count). The van der Waals surface area contributed by atoms with E-state index in [1.54, 1.807) is 18.2 Å². The summed E-state index contributed by atoms with van der Waals surface area (Å²) in [6.07, 6.45) is 1.23. The average Bonchev–Trinajstić information content (AvgIpc) is 2.77. The van der Waals surface area contributed by atoms with Crippen LogP contribution < -0.4 is 25.4 Å². The van der Waals surface area contributed by atoms with Gasteiger partial charge in [-0.05, 0) is 30.0 Å². The van der Waals surface area contributed by atoms with Gasteiger partial charge in [0.05, 0.1) is 0 Å². The second-order valence-corrected chi connectivity index (χ2v) is 8.56. The molecule has 0 bridgehead atoms. The summed E-state index contributed by atoms with van der Waals surface area (Å²) < 4.78 is 11.1. The predicted octanol–water partition coefficient (Wildman–Crippen LogP) is 1.62. The number of anilines is 1. The summed E-state index contributed by atoms with van der Waals surface area (Å²) in [6, 6.07) is 12.7. The van der Waals surface area contributed by atoms with Gasteiger partial charge in [-0.25, -0.2) is 0 Å². The number of carbonyl (C=O) groups is 2. The Bertz CT molecular complexity index is 960. The van der Waals surface area contributed by atoms with Crippen LogP contribution in [0, 0.1) is 5.92 Å². The van der Waals surface area contributed by atoms with Crippen LogP contribution in [0.5, 0.6) is 11.5 Å². The lowest BCUT2D eigenvalue weighted by atomic mass is 9.95. The van der Waals surface area contributed by atoms with Gasteiger partial charge < -0.3 is 25.4 Å². The molecule has 0 fully saturated rings. The molecule has 0 aliphatic carbocycles. The van der Waals surface area contributed by atoms with Crippen molar-refractivity contribution in [2.45, 2.75) is 45.3 Å². The Hall–Kier alpha value is -3.06. The van der Waals surface area contributed by atoms with Crippen molar-refractivity contribution in [1.29, 1.82) is 0 Å². The molecule has 2 heterocycles. The number of rotatable bonds is 6. The minimum Gasteiger partial charge on any atom is -0.486 e. The first kappa shape index (κ1) is 21.2. The van der Waals surface area contributed by atoms with Gasteiger partial charge in [-0.1, -0.05) is 38.1 Å². The molecule has 2 aromatic rings. The van der Waals surface area contributed by atoms with Gasteiger partial charge in [-0.15, -0.1) is 0 Å². The second-order valence-electron chi connectivity index (χ2n) is 8.56. The number of fused-ring (bicyclic) bond motifs is 2. The van der Waals surface area contributed by atoms with Crippen LogP contribution in [0.15, 0.2) is 42.5 Å². The lowest BCUT2D eigenvalue weighted by Crippen LogP contribution is -2.93.